The van der Waals surface area contributed by atoms with E-state index >= 15 is 0 Å². The number of hydrogen-bond donors (Lipinski definition) is 0. The number of nitrogens with zero attached hydrogens (tertiary/aromatic N) is 3. The highest BCUT2D eigenvalue weighted by Gasteiger charge is 2.58. The average molecular weight is 1010 g/mol. The minimum atomic E-state index is -0.0696. The van der Waals surface area contributed by atoms with E-state index in [9.17, 15) is 0 Å². The third kappa shape index (κ3) is 5.32. The SMILES string of the molecule is CC(C)c1cc(C(C)C)c(B2c3ccccc3Oc3cc4c(cc32)B2c3ccccc3N3c5ccc6c(sc7ccccc76)c5B5c6ccccc6N6c7ccccc7B7c8ccccc8N4c4c7c6c5c3c42)c(C(C)C)c1. The Morgan fingerprint density at radius 1 is 0.346 bits per heavy atom. The van der Waals surface area contributed by atoms with E-state index in [1.165, 1.54) is 154 Å². The minimum Gasteiger partial charge on any atom is -0.458 e. The van der Waals surface area contributed by atoms with Crippen LogP contribution in [0.3, 0.4) is 0 Å². The van der Waals surface area contributed by atoms with Crippen LogP contribution in [-0.2, 0) is 0 Å². The van der Waals surface area contributed by atoms with Gasteiger partial charge in [-0.2, -0.15) is 0 Å². The van der Waals surface area contributed by atoms with E-state index in [0.717, 1.165) is 11.5 Å². The molecule has 0 N–H and O–H groups in total. The Morgan fingerprint density at radius 2 is 0.821 bits per heavy atom. The first kappa shape index (κ1) is 43.9. The number of anilines is 9. The molecule has 18 rings (SSSR count). The fourth-order valence-corrected chi connectivity index (χ4v) is 17.2. The predicted octanol–water partition coefficient (Wildman–Crippen LogP) is 9.88. The van der Waals surface area contributed by atoms with Gasteiger partial charge in [0, 0.05) is 72.0 Å². The van der Waals surface area contributed by atoms with Crippen molar-refractivity contribution in [3.05, 3.63) is 199 Å². The molecule has 0 spiro atoms. The third-order valence-corrected chi connectivity index (χ3v) is 20.3. The van der Waals surface area contributed by atoms with E-state index < -0.39 is 0 Å². The second-order valence-electron chi connectivity index (χ2n) is 23.9. The van der Waals surface area contributed by atoms with Gasteiger partial charge in [-0.1, -0.05) is 180 Å². The molecule has 78 heavy (non-hydrogen) atoms. The van der Waals surface area contributed by atoms with Crippen molar-refractivity contribution in [2.45, 2.75) is 59.3 Å². The second-order valence-corrected chi connectivity index (χ2v) is 25.0. The molecule has 0 amide bonds. The van der Waals surface area contributed by atoms with Gasteiger partial charge in [0.05, 0.1) is 0 Å². The highest BCUT2D eigenvalue weighted by atomic mass is 32.1. The van der Waals surface area contributed by atoms with Gasteiger partial charge in [0.25, 0.3) is 26.9 Å². The van der Waals surface area contributed by atoms with Crippen LogP contribution in [0.4, 0.5) is 51.2 Å². The molecule has 0 atom stereocenters. The number of ether oxygens (including phenoxy) is 1. The number of rotatable bonds is 4. The van der Waals surface area contributed by atoms with Crippen LogP contribution in [0.25, 0.3) is 20.2 Å². The molecule has 0 unspecified atom stereocenters. The quantitative estimate of drug-likeness (QED) is 0.164. The van der Waals surface area contributed by atoms with E-state index in [1.807, 2.05) is 11.3 Å². The molecular weight excluding hydrogens is 962 g/mol. The molecule has 7 aliphatic rings. The maximum atomic E-state index is 7.37. The van der Waals surface area contributed by atoms with Crippen LogP contribution in [0.15, 0.2) is 182 Å². The molecule has 1 aromatic heterocycles. The Hall–Kier alpha value is -8.12. The molecule has 11 aromatic rings. The van der Waals surface area contributed by atoms with Crippen LogP contribution in [0.2, 0.25) is 0 Å². The monoisotopic (exact) mass is 1010 g/mol. The van der Waals surface area contributed by atoms with Gasteiger partial charge in [-0.15, -0.1) is 11.3 Å². The first-order valence-electron chi connectivity index (χ1n) is 28.3. The highest BCUT2D eigenvalue weighted by Crippen LogP contribution is 2.53. The lowest BCUT2D eigenvalue weighted by Crippen LogP contribution is -2.75. The summed E-state index contributed by atoms with van der Waals surface area (Å²) in [6.07, 6.45) is 0. The molecule has 0 aliphatic carbocycles. The number of hydrogen-bond acceptors (Lipinski definition) is 5. The molecule has 0 bridgehead atoms. The molecule has 8 heterocycles. The Kier molecular flexibility index (Phi) is 8.63. The van der Waals surface area contributed by atoms with Crippen LogP contribution in [0, 0.1) is 0 Å². The second kappa shape index (κ2) is 15.3. The number of para-hydroxylation sites is 5. The minimum absolute atomic E-state index is 0.00797. The smallest absolute Gasteiger partial charge is 0.253 e. The normalized spacial score (nSPS) is 14.8. The summed E-state index contributed by atoms with van der Waals surface area (Å²) in [5.41, 5.74) is 32.2. The van der Waals surface area contributed by atoms with Gasteiger partial charge < -0.3 is 19.4 Å². The molecule has 0 saturated carbocycles. The van der Waals surface area contributed by atoms with Crippen LogP contribution < -0.4 is 85.0 Å². The molecule has 9 heteroatoms. The van der Waals surface area contributed by atoms with Gasteiger partial charge in [0.1, 0.15) is 11.5 Å². The zero-order valence-electron chi connectivity index (χ0n) is 44.5. The molecule has 4 nitrogen and oxygen atoms in total. The van der Waals surface area contributed by atoms with Gasteiger partial charge in [-0.05, 0) is 142 Å². The molecule has 0 radical (unpaired) electrons. The lowest BCUT2D eigenvalue weighted by atomic mass is 9.24. The fourth-order valence-electron chi connectivity index (χ4n) is 15.9. The van der Waals surface area contributed by atoms with Gasteiger partial charge in [-0.25, -0.2) is 0 Å². The summed E-state index contributed by atoms with van der Waals surface area (Å²) in [7, 11) is 0. The van der Waals surface area contributed by atoms with E-state index in [-0.39, 0.29) is 26.9 Å². The predicted molar refractivity (Wildman–Crippen MR) is 337 cm³/mol. The first-order valence-corrected chi connectivity index (χ1v) is 29.1. The number of fused-ring (bicyclic) bond motifs is 24. The number of benzene rings is 10. The van der Waals surface area contributed by atoms with Crippen molar-refractivity contribution >= 4 is 175 Å². The Balaban J connectivity index is 1.01. The average Bonchev–Trinajstić information content (AvgIpc) is 2.15. The molecule has 0 fully saturated rings. The zero-order chi connectivity index (χ0) is 51.7. The first-order chi connectivity index (χ1) is 38.2. The fraction of sp³-hybridized carbons (Fsp3) is 0.130. The Labute approximate surface area is 461 Å². The van der Waals surface area contributed by atoms with E-state index in [0.29, 0.717) is 17.8 Å². The van der Waals surface area contributed by atoms with Crippen LogP contribution in [0.1, 0.15) is 76.0 Å². The van der Waals surface area contributed by atoms with E-state index in [1.54, 1.807) is 0 Å². The lowest BCUT2D eigenvalue weighted by molar-refractivity contribution is 0.487. The molecule has 10 aromatic carbocycles. The van der Waals surface area contributed by atoms with Crippen LogP contribution in [-0.4, -0.2) is 26.9 Å². The van der Waals surface area contributed by atoms with Crippen LogP contribution in [0.5, 0.6) is 11.5 Å². The van der Waals surface area contributed by atoms with Crippen molar-refractivity contribution in [1.29, 1.82) is 0 Å². The van der Waals surface area contributed by atoms with Crippen molar-refractivity contribution < 1.29 is 4.74 Å². The van der Waals surface area contributed by atoms with Gasteiger partial charge >= 0.3 is 0 Å². The van der Waals surface area contributed by atoms with Gasteiger partial charge in [0.15, 0.2) is 0 Å². The van der Waals surface area contributed by atoms with Crippen LogP contribution >= 0.6 is 11.3 Å². The lowest BCUT2D eigenvalue weighted by Gasteiger charge is -2.55. The summed E-state index contributed by atoms with van der Waals surface area (Å²) in [5.74, 6) is 2.95. The van der Waals surface area contributed by atoms with E-state index in [2.05, 4.69) is 238 Å². The summed E-state index contributed by atoms with van der Waals surface area (Å²) >= 11 is 1.97. The molecular formula is C69H51B4N3OS. The summed E-state index contributed by atoms with van der Waals surface area (Å²) in [6.45, 7) is 14.2. The maximum absolute atomic E-state index is 7.37. The molecule has 366 valence electrons. The zero-order valence-corrected chi connectivity index (χ0v) is 45.3. The van der Waals surface area contributed by atoms with Crippen molar-refractivity contribution in [2.24, 2.45) is 0 Å². The summed E-state index contributed by atoms with van der Waals surface area (Å²) in [5, 5.41) is 2.68. The molecule has 7 aliphatic heterocycles. The topological polar surface area (TPSA) is 19.0 Å². The number of thiophene rings is 1. The van der Waals surface area contributed by atoms with Gasteiger partial charge in [0.2, 0.25) is 0 Å². The van der Waals surface area contributed by atoms with Gasteiger partial charge in [-0.3, -0.25) is 0 Å². The third-order valence-electron chi connectivity index (χ3n) is 19.1. The van der Waals surface area contributed by atoms with E-state index in [4.69, 9.17) is 4.74 Å². The molecule has 0 saturated heterocycles. The van der Waals surface area contributed by atoms with Crippen molar-refractivity contribution in [3.8, 4) is 11.5 Å². The van der Waals surface area contributed by atoms with Crippen molar-refractivity contribution in [3.63, 3.8) is 0 Å². The summed E-state index contributed by atoms with van der Waals surface area (Å²) in [4.78, 5) is 8.12. The van der Waals surface area contributed by atoms with Crippen molar-refractivity contribution in [1.82, 2.24) is 0 Å². The maximum Gasteiger partial charge on any atom is 0.253 e. The standard InChI is InChI=1S/C69H51B4N3OS/c1-37(2)40-33-43(38(3)4)61(44(34-40)39(5)6)72-49-24-12-17-29-58(49)77-59-36-57-50(35-51(59)72)71-47-22-10-14-26-53(47)75-56-32-31-42-41-19-7-18-30-60(41)78-69(42)62(56)73-48-23-11-16-28-55(48)74-52-25-13-8-20-45(52)70-46-21-9-15-27-54(46)76(57)66-63(70)67(74)65(73)68(75)64(66)71/h7-39H,1-6H3. The highest BCUT2D eigenvalue weighted by molar-refractivity contribution is 7.28. The Bertz CT molecular complexity index is 4530. The summed E-state index contributed by atoms with van der Waals surface area (Å²) < 4.78 is 10.1. The largest absolute Gasteiger partial charge is 0.458 e. The Morgan fingerprint density at radius 3 is 1.41 bits per heavy atom. The summed E-state index contributed by atoms with van der Waals surface area (Å²) in [6, 6.07) is 70.5. The van der Waals surface area contributed by atoms with Crippen molar-refractivity contribution in [2.75, 3.05) is 14.7 Å².